The molecule has 4 heteroatoms. The summed E-state index contributed by atoms with van der Waals surface area (Å²) < 4.78 is 38.6. The fraction of sp³-hybridized carbons (Fsp3) is 0.308. The lowest BCUT2D eigenvalue weighted by Gasteiger charge is -2.33. The molecule has 2 aliphatic rings. The minimum Gasteiger partial charge on any atom is -0.296 e. The summed E-state index contributed by atoms with van der Waals surface area (Å²) in [5, 5.41) is 0. The molecule has 1 nitrogen and oxygen atoms in total. The van der Waals surface area contributed by atoms with E-state index in [-0.39, 0.29) is 0 Å². The molecule has 1 aliphatic carbocycles. The van der Waals surface area contributed by atoms with Crippen molar-refractivity contribution in [1.82, 2.24) is 4.90 Å². The van der Waals surface area contributed by atoms with Crippen LogP contribution >= 0.6 is 0 Å². The van der Waals surface area contributed by atoms with Gasteiger partial charge in [-0.3, -0.25) is 4.90 Å². The molecular weight excluding hydrogens is 383 g/mol. The Morgan fingerprint density at radius 3 is 2.30 bits per heavy atom. The van der Waals surface area contributed by atoms with E-state index in [0.717, 1.165) is 37.1 Å². The summed E-state index contributed by atoms with van der Waals surface area (Å²) in [6, 6.07) is 23.0. The minimum absolute atomic E-state index is 0.414. The highest BCUT2D eigenvalue weighted by Gasteiger charge is 2.38. The highest BCUT2D eigenvalue weighted by Crippen LogP contribution is 2.49. The van der Waals surface area contributed by atoms with Crippen LogP contribution in [0.2, 0.25) is 0 Å². The molecule has 2 bridgehead atoms. The van der Waals surface area contributed by atoms with Gasteiger partial charge >= 0.3 is 6.18 Å². The second-order valence-electron chi connectivity index (χ2n) is 8.43. The summed E-state index contributed by atoms with van der Waals surface area (Å²) >= 11 is 0. The van der Waals surface area contributed by atoms with Gasteiger partial charge in [-0.15, -0.1) is 0 Å². The van der Waals surface area contributed by atoms with Crippen molar-refractivity contribution >= 4 is 0 Å². The lowest BCUT2D eigenvalue weighted by molar-refractivity contribution is -0.137. The topological polar surface area (TPSA) is 3.24 Å². The quantitative estimate of drug-likeness (QED) is 0.457. The van der Waals surface area contributed by atoms with Crippen molar-refractivity contribution in [1.29, 1.82) is 0 Å². The zero-order chi connectivity index (χ0) is 20.7. The van der Waals surface area contributed by atoms with Gasteiger partial charge in [-0.1, -0.05) is 54.6 Å². The van der Waals surface area contributed by atoms with E-state index in [1.807, 2.05) is 6.07 Å². The van der Waals surface area contributed by atoms with Crippen molar-refractivity contribution in [3.8, 4) is 11.1 Å². The highest BCUT2D eigenvalue weighted by molar-refractivity contribution is 5.66. The summed E-state index contributed by atoms with van der Waals surface area (Å²) in [5.74, 6) is 0.611. The molecule has 2 atom stereocenters. The zero-order valence-electron chi connectivity index (χ0n) is 16.7. The molecule has 0 radical (unpaired) electrons. The van der Waals surface area contributed by atoms with Crippen molar-refractivity contribution in [2.45, 2.75) is 37.4 Å². The Hall–Kier alpha value is -2.59. The van der Waals surface area contributed by atoms with E-state index in [4.69, 9.17) is 0 Å². The molecule has 0 spiro atoms. The van der Waals surface area contributed by atoms with E-state index < -0.39 is 11.7 Å². The number of rotatable bonds is 4. The number of piperidine rings is 1. The predicted octanol–water partition coefficient (Wildman–Crippen LogP) is 6.85. The first-order valence-corrected chi connectivity index (χ1v) is 10.6. The molecule has 0 aromatic heterocycles. The summed E-state index contributed by atoms with van der Waals surface area (Å²) in [7, 11) is 0. The van der Waals surface area contributed by atoms with Crippen LogP contribution in [0.5, 0.6) is 0 Å². The monoisotopic (exact) mass is 407 g/mol. The van der Waals surface area contributed by atoms with Gasteiger partial charge in [0, 0.05) is 12.6 Å². The molecule has 30 heavy (non-hydrogen) atoms. The number of fused-ring (bicyclic) bond motifs is 5. The normalized spacial score (nSPS) is 20.9. The van der Waals surface area contributed by atoms with Crippen LogP contribution in [0.25, 0.3) is 11.1 Å². The third-order valence-electron chi connectivity index (χ3n) is 6.68. The van der Waals surface area contributed by atoms with Gasteiger partial charge in [-0.2, -0.15) is 13.2 Å². The van der Waals surface area contributed by atoms with Crippen molar-refractivity contribution in [3.05, 3.63) is 95.1 Å². The first-order valence-electron chi connectivity index (χ1n) is 10.6. The lowest BCUT2D eigenvalue weighted by Crippen LogP contribution is -2.33. The largest absolute Gasteiger partial charge is 0.416 e. The smallest absolute Gasteiger partial charge is 0.296 e. The Kier molecular flexibility index (Phi) is 4.90. The van der Waals surface area contributed by atoms with Gasteiger partial charge in [0.25, 0.3) is 0 Å². The van der Waals surface area contributed by atoms with Gasteiger partial charge in [-0.05, 0) is 77.7 Å². The van der Waals surface area contributed by atoms with Crippen molar-refractivity contribution in [2.75, 3.05) is 13.1 Å². The maximum atomic E-state index is 12.9. The SMILES string of the molecule is FC(F)(F)c1ccc(-c2ccc3c(c2)[C@H]2CC3CCN2CCc2ccccc2)cc1. The fourth-order valence-corrected chi connectivity index (χ4v) is 5.07. The fourth-order valence-electron chi connectivity index (χ4n) is 5.07. The maximum Gasteiger partial charge on any atom is 0.416 e. The van der Waals surface area contributed by atoms with E-state index in [2.05, 4.69) is 47.4 Å². The number of halogens is 3. The molecule has 1 heterocycles. The molecule has 1 fully saturated rings. The Morgan fingerprint density at radius 1 is 0.833 bits per heavy atom. The van der Waals surface area contributed by atoms with Crippen molar-refractivity contribution in [2.24, 2.45) is 0 Å². The van der Waals surface area contributed by atoms with Crippen LogP contribution in [0.15, 0.2) is 72.8 Å². The number of hydrogen-bond acceptors (Lipinski definition) is 1. The molecule has 0 N–H and O–H groups in total. The van der Waals surface area contributed by atoms with Crippen LogP contribution in [0, 0.1) is 0 Å². The molecule has 3 aromatic rings. The maximum absolute atomic E-state index is 12.9. The van der Waals surface area contributed by atoms with Crippen LogP contribution < -0.4 is 0 Å². The summed E-state index contributed by atoms with van der Waals surface area (Å²) in [6.45, 7) is 2.14. The van der Waals surface area contributed by atoms with Crippen LogP contribution in [0.1, 0.15) is 47.1 Å². The van der Waals surface area contributed by atoms with E-state index in [9.17, 15) is 13.2 Å². The molecule has 5 rings (SSSR count). The average molecular weight is 407 g/mol. The number of alkyl halides is 3. The average Bonchev–Trinajstić information content (AvgIpc) is 3.05. The Morgan fingerprint density at radius 2 is 1.57 bits per heavy atom. The molecular formula is C26H24F3N. The van der Waals surface area contributed by atoms with Gasteiger partial charge in [0.15, 0.2) is 0 Å². The van der Waals surface area contributed by atoms with E-state index in [1.54, 1.807) is 12.1 Å². The highest BCUT2D eigenvalue weighted by atomic mass is 19.4. The van der Waals surface area contributed by atoms with Crippen LogP contribution in [0.4, 0.5) is 13.2 Å². The molecule has 1 aliphatic heterocycles. The molecule has 3 aromatic carbocycles. The van der Waals surface area contributed by atoms with Gasteiger partial charge in [-0.25, -0.2) is 0 Å². The minimum atomic E-state index is -4.30. The summed E-state index contributed by atoms with van der Waals surface area (Å²) in [5.41, 5.74) is 5.38. The van der Waals surface area contributed by atoms with Gasteiger partial charge < -0.3 is 0 Å². The standard InChI is InChI=1S/C26H24F3N/c27-26(28,29)22-9-6-19(7-10-22)20-8-11-23-21-13-15-30(25(17-21)24(23)16-20)14-12-18-4-2-1-3-5-18/h1-11,16,21,25H,12-15,17H2/t21?,25-/m1/s1. The zero-order valence-corrected chi connectivity index (χ0v) is 16.7. The van der Waals surface area contributed by atoms with Gasteiger partial charge in [0.1, 0.15) is 0 Å². The van der Waals surface area contributed by atoms with Gasteiger partial charge in [0.2, 0.25) is 0 Å². The first-order chi connectivity index (χ1) is 14.5. The molecule has 1 unspecified atom stereocenters. The molecule has 1 saturated heterocycles. The third-order valence-corrected chi connectivity index (χ3v) is 6.68. The van der Waals surface area contributed by atoms with E-state index >= 15 is 0 Å². The van der Waals surface area contributed by atoms with Crippen LogP contribution in [0.3, 0.4) is 0 Å². The molecule has 0 amide bonds. The summed E-state index contributed by atoms with van der Waals surface area (Å²) in [4.78, 5) is 2.59. The van der Waals surface area contributed by atoms with Crippen LogP contribution in [-0.2, 0) is 12.6 Å². The Bertz CT molecular complexity index is 1020. The van der Waals surface area contributed by atoms with E-state index in [0.29, 0.717) is 12.0 Å². The molecule has 154 valence electrons. The number of nitrogens with zero attached hydrogens (tertiary/aromatic N) is 1. The number of hydrogen-bond donors (Lipinski definition) is 0. The van der Waals surface area contributed by atoms with Crippen LogP contribution in [-0.4, -0.2) is 18.0 Å². The van der Waals surface area contributed by atoms with E-state index in [1.165, 1.54) is 35.2 Å². The predicted molar refractivity (Wildman–Crippen MR) is 113 cm³/mol. The van der Waals surface area contributed by atoms with Crippen molar-refractivity contribution in [3.63, 3.8) is 0 Å². The Labute approximate surface area is 175 Å². The third kappa shape index (κ3) is 3.65. The summed E-state index contributed by atoms with van der Waals surface area (Å²) in [6.07, 6.45) is -0.929. The van der Waals surface area contributed by atoms with Gasteiger partial charge in [0.05, 0.1) is 5.56 Å². The lowest BCUT2D eigenvalue weighted by atomic mass is 9.94. The second-order valence-corrected chi connectivity index (χ2v) is 8.43. The molecule has 0 saturated carbocycles. The first kappa shape index (κ1) is 19.4. The number of benzene rings is 3. The Balaban J connectivity index is 1.39. The van der Waals surface area contributed by atoms with Crippen molar-refractivity contribution < 1.29 is 13.2 Å². The number of likely N-dealkylation sites (tertiary alicyclic amines) is 1. The second kappa shape index (κ2) is 7.59.